The lowest BCUT2D eigenvalue weighted by atomic mass is 10.2. The minimum absolute atomic E-state index is 0.168. The predicted molar refractivity (Wildman–Crippen MR) is 98.9 cm³/mol. The molecule has 0 fully saturated rings. The van der Waals surface area contributed by atoms with Crippen LogP contribution in [0.1, 0.15) is 5.56 Å². The first-order valence-electron chi connectivity index (χ1n) is 7.12. The van der Waals surface area contributed by atoms with Gasteiger partial charge in [-0.1, -0.05) is 34.8 Å². The Morgan fingerprint density at radius 3 is 2.37 bits per heavy atom. The third kappa shape index (κ3) is 5.54. The fourth-order valence-electron chi connectivity index (χ4n) is 1.93. The molecule has 2 rings (SSSR count). The van der Waals surface area contributed by atoms with Crippen molar-refractivity contribution in [1.82, 2.24) is 0 Å². The van der Waals surface area contributed by atoms with Crippen LogP contribution in [0.15, 0.2) is 48.2 Å². The highest BCUT2D eigenvalue weighted by molar-refractivity contribution is 6.35. The van der Waals surface area contributed by atoms with Crippen molar-refractivity contribution >= 4 is 52.1 Å². The maximum atomic E-state index is 12.9. The maximum Gasteiger partial charge on any atom is 0.417 e. The van der Waals surface area contributed by atoms with Crippen LogP contribution in [0.2, 0.25) is 15.1 Å². The molecular weight excluding hydrogens is 426 g/mol. The minimum Gasteiger partial charge on any atom is -0.359 e. The molecule has 0 unspecified atom stereocenters. The van der Waals surface area contributed by atoms with Gasteiger partial charge in [0.15, 0.2) is 0 Å². The van der Waals surface area contributed by atoms with Crippen molar-refractivity contribution in [2.75, 3.05) is 10.6 Å². The summed E-state index contributed by atoms with van der Waals surface area (Å²) < 4.78 is 38.6. The fraction of sp³-hybridized carbons (Fsp3) is 0.0588. The van der Waals surface area contributed by atoms with Gasteiger partial charge in [-0.05, 0) is 36.4 Å². The number of amides is 1. The standard InChI is InChI=1S/C17H9Cl3F3N3O/c18-10-1-3-14(20)15(5-10)25-8-9(7-24)16(27)26-11-2-4-13(19)12(6-11)17(21,22)23/h1-6,8,25H,(H,26,27)/b9-8-. The Morgan fingerprint density at radius 1 is 1.07 bits per heavy atom. The quantitative estimate of drug-likeness (QED) is 0.450. The third-order valence-electron chi connectivity index (χ3n) is 3.20. The summed E-state index contributed by atoms with van der Waals surface area (Å²) in [6, 6.07) is 9.05. The van der Waals surface area contributed by atoms with E-state index in [-0.39, 0.29) is 5.69 Å². The first kappa shape index (κ1) is 20.9. The summed E-state index contributed by atoms with van der Waals surface area (Å²) in [4.78, 5) is 12.1. The average molecular weight is 435 g/mol. The molecule has 4 nitrogen and oxygen atoms in total. The predicted octanol–water partition coefficient (Wildman–Crippen LogP) is 6.12. The van der Waals surface area contributed by atoms with Crippen molar-refractivity contribution < 1.29 is 18.0 Å². The number of nitrogens with one attached hydrogen (secondary N) is 2. The van der Waals surface area contributed by atoms with Crippen LogP contribution in [0.25, 0.3) is 0 Å². The van der Waals surface area contributed by atoms with Gasteiger partial charge in [0, 0.05) is 16.9 Å². The molecule has 0 heterocycles. The second kappa shape index (κ2) is 8.53. The number of anilines is 2. The second-order valence-corrected chi connectivity index (χ2v) is 6.34. The molecule has 27 heavy (non-hydrogen) atoms. The number of rotatable bonds is 4. The van der Waals surface area contributed by atoms with Crippen LogP contribution < -0.4 is 10.6 Å². The van der Waals surface area contributed by atoms with Gasteiger partial charge in [-0.25, -0.2) is 0 Å². The molecule has 2 aromatic carbocycles. The van der Waals surface area contributed by atoms with E-state index in [9.17, 15) is 18.0 Å². The van der Waals surface area contributed by atoms with E-state index in [0.717, 1.165) is 12.3 Å². The van der Waals surface area contributed by atoms with E-state index in [4.69, 9.17) is 40.1 Å². The van der Waals surface area contributed by atoms with Gasteiger partial charge in [0.1, 0.15) is 11.6 Å². The number of nitrogens with zero attached hydrogens (tertiary/aromatic N) is 1. The van der Waals surface area contributed by atoms with Gasteiger partial charge in [-0.15, -0.1) is 0 Å². The number of nitriles is 1. The van der Waals surface area contributed by atoms with E-state index >= 15 is 0 Å². The molecule has 0 spiro atoms. The highest BCUT2D eigenvalue weighted by Crippen LogP contribution is 2.36. The lowest BCUT2D eigenvalue weighted by Crippen LogP contribution is -2.15. The zero-order valence-electron chi connectivity index (χ0n) is 13.2. The highest BCUT2D eigenvalue weighted by Gasteiger charge is 2.33. The SMILES string of the molecule is N#C/C(=C/Nc1cc(Cl)ccc1Cl)C(=O)Nc1ccc(Cl)c(C(F)(F)F)c1. The summed E-state index contributed by atoms with van der Waals surface area (Å²) in [5.41, 5.74) is -1.32. The Morgan fingerprint density at radius 2 is 1.74 bits per heavy atom. The zero-order chi connectivity index (χ0) is 20.2. The van der Waals surface area contributed by atoms with E-state index in [2.05, 4.69) is 10.6 Å². The van der Waals surface area contributed by atoms with Crippen LogP contribution in [0.4, 0.5) is 24.5 Å². The van der Waals surface area contributed by atoms with Crippen LogP contribution in [0.5, 0.6) is 0 Å². The van der Waals surface area contributed by atoms with Crippen LogP contribution in [-0.4, -0.2) is 5.91 Å². The van der Waals surface area contributed by atoms with E-state index in [1.54, 1.807) is 12.1 Å². The molecule has 2 N–H and O–H groups in total. The Labute approximate surface area is 167 Å². The van der Waals surface area contributed by atoms with Gasteiger partial charge >= 0.3 is 6.18 Å². The Hall–Kier alpha value is -2.40. The summed E-state index contributed by atoms with van der Waals surface area (Å²) in [5, 5.41) is 14.1. The molecule has 140 valence electrons. The monoisotopic (exact) mass is 433 g/mol. The summed E-state index contributed by atoms with van der Waals surface area (Å²) in [5.74, 6) is -0.918. The number of hydrogen-bond acceptors (Lipinski definition) is 3. The first-order valence-corrected chi connectivity index (χ1v) is 8.25. The molecule has 0 aliphatic carbocycles. The van der Waals surface area contributed by atoms with Crippen molar-refractivity contribution in [2.24, 2.45) is 0 Å². The summed E-state index contributed by atoms with van der Waals surface area (Å²) in [7, 11) is 0. The smallest absolute Gasteiger partial charge is 0.359 e. The second-order valence-electron chi connectivity index (χ2n) is 5.08. The molecule has 0 aliphatic heterocycles. The lowest BCUT2D eigenvalue weighted by Gasteiger charge is -2.11. The molecule has 1 amide bonds. The first-order chi connectivity index (χ1) is 12.6. The van der Waals surface area contributed by atoms with Crippen LogP contribution in [-0.2, 0) is 11.0 Å². The molecule has 2 aromatic rings. The zero-order valence-corrected chi connectivity index (χ0v) is 15.4. The van der Waals surface area contributed by atoms with Crippen molar-refractivity contribution in [3.63, 3.8) is 0 Å². The van der Waals surface area contributed by atoms with Gasteiger partial charge in [0.05, 0.1) is 21.3 Å². The normalized spacial score (nSPS) is 11.7. The van der Waals surface area contributed by atoms with Gasteiger partial charge < -0.3 is 10.6 Å². The molecule has 0 saturated heterocycles. The van der Waals surface area contributed by atoms with Gasteiger partial charge in [0.25, 0.3) is 5.91 Å². The van der Waals surface area contributed by atoms with Crippen molar-refractivity contribution in [1.29, 1.82) is 5.26 Å². The molecule has 10 heteroatoms. The Bertz CT molecular complexity index is 953. The number of benzene rings is 2. The number of halogens is 6. The molecular formula is C17H9Cl3F3N3O. The topological polar surface area (TPSA) is 64.9 Å². The molecule has 0 bridgehead atoms. The molecule has 0 atom stereocenters. The van der Waals surface area contributed by atoms with Gasteiger partial charge in [-0.3, -0.25) is 4.79 Å². The number of carbonyl (C=O) groups excluding carboxylic acids is 1. The largest absolute Gasteiger partial charge is 0.417 e. The molecule has 0 aromatic heterocycles. The summed E-state index contributed by atoms with van der Waals surface area (Å²) in [6.07, 6.45) is -3.62. The van der Waals surface area contributed by atoms with Gasteiger partial charge in [0.2, 0.25) is 0 Å². The van der Waals surface area contributed by atoms with Gasteiger partial charge in [-0.2, -0.15) is 18.4 Å². The van der Waals surface area contributed by atoms with Crippen molar-refractivity contribution in [2.45, 2.75) is 6.18 Å². The highest BCUT2D eigenvalue weighted by atomic mass is 35.5. The number of carbonyl (C=O) groups is 1. The Balaban J connectivity index is 2.20. The Kier molecular flexibility index (Phi) is 6.60. The van der Waals surface area contributed by atoms with Crippen molar-refractivity contribution in [3.8, 4) is 6.07 Å². The van der Waals surface area contributed by atoms with Crippen LogP contribution in [0, 0.1) is 11.3 Å². The van der Waals surface area contributed by atoms with Crippen LogP contribution in [0.3, 0.4) is 0 Å². The molecule has 0 saturated carbocycles. The summed E-state index contributed by atoms with van der Waals surface area (Å²) in [6.45, 7) is 0. The molecule has 0 radical (unpaired) electrons. The number of hydrogen-bond donors (Lipinski definition) is 2. The van der Waals surface area contributed by atoms with E-state index < -0.39 is 28.2 Å². The molecule has 0 aliphatic rings. The summed E-state index contributed by atoms with van der Waals surface area (Å²) >= 11 is 17.3. The number of alkyl halides is 3. The van der Waals surface area contributed by atoms with E-state index in [1.807, 2.05) is 0 Å². The maximum absolute atomic E-state index is 12.9. The van der Waals surface area contributed by atoms with Crippen molar-refractivity contribution in [3.05, 3.63) is 68.8 Å². The lowest BCUT2D eigenvalue weighted by molar-refractivity contribution is -0.137. The van der Waals surface area contributed by atoms with Crippen LogP contribution >= 0.6 is 34.8 Å². The van der Waals surface area contributed by atoms with E-state index in [1.165, 1.54) is 18.2 Å². The third-order valence-corrected chi connectivity index (χ3v) is 4.09. The average Bonchev–Trinajstić information content (AvgIpc) is 2.59. The fourth-order valence-corrected chi connectivity index (χ4v) is 2.49. The van der Waals surface area contributed by atoms with E-state index in [0.29, 0.717) is 21.8 Å². The minimum atomic E-state index is -4.68.